The lowest BCUT2D eigenvalue weighted by atomic mass is 10.2. The smallest absolute Gasteiger partial charge is 0.407 e. The Labute approximate surface area is 153 Å². The average Bonchev–Trinajstić information content (AvgIpc) is 2.53. The molecule has 0 aliphatic carbocycles. The van der Waals surface area contributed by atoms with Crippen molar-refractivity contribution in [2.24, 2.45) is 0 Å². The van der Waals surface area contributed by atoms with Crippen LogP contribution in [0.2, 0.25) is 0 Å². The van der Waals surface area contributed by atoms with Gasteiger partial charge in [-0.05, 0) is 32.9 Å². The van der Waals surface area contributed by atoms with Crippen molar-refractivity contribution >= 4 is 29.3 Å². The molecule has 26 heavy (non-hydrogen) atoms. The molecule has 0 aliphatic heterocycles. The van der Waals surface area contributed by atoms with E-state index in [2.05, 4.69) is 16.0 Å². The fraction of sp³-hybridized carbons (Fsp3) is 0.500. The van der Waals surface area contributed by atoms with E-state index >= 15 is 0 Å². The molecular formula is C18H27N3O5. The van der Waals surface area contributed by atoms with E-state index in [9.17, 15) is 14.4 Å². The molecule has 8 heteroatoms. The first-order valence-electron chi connectivity index (χ1n) is 8.36. The zero-order valence-electron chi connectivity index (χ0n) is 15.7. The number of methoxy groups -OCH3 is 1. The highest BCUT2D eigenvalue weighted by atomic mass is 16.6. The van der Waals surface area contributed by atoms with E-state index in [-0.39, 0.29) is 31.2 Å². The van der Waals surface area contributed by atoms with Gasteiger partial charge in [-0.15, -0.1) is 0 Å². The van der Waals surface area contributed by atoms with Gasteiger partial charge in [0.1, 0.15) is 5.60 Å². The topological polar surface area (TPSA) is 106 Å². The predicted octanol–water partition coefficient (Wildman–Crippen LogP) is 2.51. The monoisotopic (exact) mass is 365 g/mol. The van der Waals surface area contributed by atoms with Gasteiger partial charge in [-0.25, -0.2) is 4.79 Å². The molecule has 0 aromatic heterocycles. The molecule has 3 amide bonds. The lowest BCUT2D eigenvalue weighted by Gasteiger charge is -2.19. The van der Waals surface area contributed by atoms with Gasteiger partial charge in [0, 0.05) is 20.1 Å². The summed E-state index contributed by atoms with van der Waals surface area (Å²) in [5, 5.41) is 7.96. The summed E-state index contributed by atoms with van der Waals surface area (Å²) in [7, 11) is 1.52. The number of hydrogen-bond acceptors (Lipinski definition) is 5. The Morgan fingerprint density at radius 2 is 1.50 bits per heavy atom. The molecular weight excluding hydrogens is 338 g/mol. The number of benzene rings is 1. The summed E-state index contributed by atoms with van der Waals surface area (Å²) in [6.07, 6.45) is -0.278. The van der Waals surface area contributed by atoms with Crippen LogP contribution in [0.5, 0.6) is 0 Å². The molecule has 0 spiro atoms. The van der Waals surface area contributed by atoms with E-state index in [1.54, 1.807) is 45.0 Å². The van der Waals surface area contributed by atoms with Crippen molar-refractivity contribution in [1.29, 1.82) is 0 Å². The van der Waals surface area contributed by atoms with E-state index in [0.29, 0.717) is 18.0 Å². The second kappa shape index (κ2) is 10.4. The van der Waals surface area contributed by atoms with Crippen molar-refractivity contribution in [2.75, 3.05) is 30.9 Å². The maximum Gasteiger partial charge on any atom is 0.407 e. The number of rotatable bonds is 8. The quantitative estimate of drug-likeness (QED) is 0.656. The molecule has 0 aliphatic rings. The first-order chi connectivity index (χ1) is 12.2. The van der Waals surface area contributed by atoms with Crippen LogP contribution >= 0.6 is 0 Å². The molecule has 0 fully saturated rings. The average molecular weight is 365 g/mol. The molecule has 3 N–H and O–H groups in total. The minimum atomic E-state index is -0.591. The van der Waals surface area contributed by atoms with Crippen LogP contribution in [0.3, 0.4) is 0 Å². The number of alkyl carbamates (subject to hydrolysis) is 1. The van der Waals surface area contributed by atoms with Gasteiger partial charge in [0.25, 0.3) is 0 Å². The standard InChI is InChI=1S/C18H27N3O5/c1-18(2,3)26-17(24)19-11-9-15(22)20-13-7-5-6-8-14(13)21-16(23)10-12-25-4/h5-8H,9-12H2,1-4H3,(H,19,24)(H,20,22)(H,21,23). The Morgan fingerprint density at radius 3 is 2.00 bits per heavy atom. The minimum absolute atomic E-state index is 0.0746. The number of amides is 3. The fourth-order valence-electron chi connectivity index (χ4n) is 1.91. The number of ether oxygens (including phenoxy) is 2. The highest BCUT2D eigenvalue weighted by molar-refractivity contribution is 5.99. The third kappa shape index (κ3) is 9.03. The van der Waals surface area contributed by atoms with E-state index in [4.69, 9.17) is 9.47 Å². The summed E-state index contributed by atoms with van der Waals surface area (Å²) in [5.74, 6) is -0.500. The van der Waals surface area contributed by atoms with Crippen LogP contribution in [0, 0.1) is 0 Å². The second-order valence-corrected chi connectivity index (χ2v) is 6.56. The van der Waals surface area contributed by atoms with Gasteiger partial charge in [0.2, 0.25) is 11.8 Å². The molecule has 0 bridgehead atoms. The second-order valence-electron chi connectivity index (χ2n) is 6.56. The number of anilines is 2. The summed E-state index contributed by atoms with van der Waals surface area (Å²) < 4.78 is 9.96. The molecule has 0 unspecified atom stereocenters. The van der Waals surface area contributed by atoms with Crippen molar-refractivity contribution in [2.45, 2.75) is 39.2 Å². The molecule has 1 rings (SSSR count). The molecule has 144 valence electrons. The van der Waals surface area contributed by atoms with E-state index < -0.39 is 11.7 Å². The van der Waals surface area contributed by atoms with E-state index in [0.717, 1.165) is 0 Å². The predicted molar refractivity (Wildman–Crippen MR) is 99.0 cm³/mol. The van der Waals surface area contributed by atoms with Crippen LogP contribution in [-0.2, 0) is 19.1 Å². The van der Waals surface area contributed by atoms with Crippen LogP contribution in [-0.4, -0.2) is 43.8 Å². The Morgan fingerprint density at radius 1 is 0.962 bits per heavy atom. The molecule has 1 aromatic carbocycles. The van der Waals surface area contributed by atoms with Crippen molar-refractivity contribution in [3.8, 4) is 0 Å². The largest absolute Gasteiger partial charge is 0.444 e. The van der Waals surface area contributed by atoms with Crippen molar-refractivity contribution < 1.29 is 23.9 Å². The minimum Gasteiger partial charge on any atom is -0.444 e. The summed E-state index contributed by atoms with van der Waals surface area (Å²) in [6, 6.07) is 6.88. The van der Waals surface area contributed by atoms with Gasteiger partial charge >= 0.3 is 6.09 Å². The van der Waals surface area contributed by atoms with Crippen LogP contribution in [0.4, 0.5) is 16.2 Å². The first-order valence-corrected chi connectivity index (χ1v) is 8.36. The maximum absolute atomic E-state index is 12.1. The number of nitrogens with one attached hydrogen (secondary N) is 3. The molecule has 0 radical (unpaired) electrons. The molecule has 0 saturated heterocycles. The third-order valence-corrected chi connectivity index (χ3v) is 3.03. The fourth-order valence-corrected chi connectivity index (χ4v) is 1.91. The molecule has 1 aromatic rings. The van der Waals surface area contributed by atoms with Crippen LogP contribution in [0.15, 0.2) is 24.3 Å². The Balaban J connectivity index is 2.49. The molecule has 8 nitrogen and oxygen atoms in total. The van der Waals surface area contributed by atoms with Gasteiger partial charge in [-0.1, -0.05) is 12.1 Å². The van der Waals surface area contributed by atoms with Gasteiger partial charge in [0.15, 0.2) is 0 Å². The zero-order chi connectivity index (χ0) is 19.6. The zero-order valence-corrected chi connectivity index (χ0v) is 15.7. The molecule has 0 atom stereocenters. The van der Waals surface area contributed by atoms with Crippen LogP contribution < -0.4 is 16.0 Å². The number of carbonyl (C=O) groups is 3. The maximum atomic E-state index is 12.1. The molecule has 0 heterocycles. The molecule has 0 saturated carbocycles. The van der Waals surface area contributed by atoms with Crippen molar-refractivity contribution in [3.05, 3.63) is 24.3 Å². The van der Waals surface area contributed by atoms with Gasteiger partial charge in [-0.2, -0.15) is 0 Å². The summed E-state index contributed by atoms with van der Waals surface area (Å²) in [6.45, 7) is 5.74. The SMILES string of the molecule is COCCC(=O)Nc1ccccc1NC(=O)CCNC(=O)OC(C)(C)C. The first kappa shape index (κ1) is 21.4. The lowest BCUT2D eigenvalue weighted by Crippen LogP contribution is -2.34. The number of hydrogen-bond donors (Lipinski definition) is 3. The normalized spacial score (nSPS) is 10.8. The summed E-state index contributed by atoms with van der Waals surface area (Å²) >= 11 is 0. The summed E-state index contributed by atoms with van der Waals surface area (Å²) in [4.78, 5) is 35.4. The van der Waals surface area contributed by atoms with Gasteiger partial charge in [-0.3, -0.25) is 9.59 Å². The number of para-hydroxylation sites is 2. The van der Waals surface area contributed by atoms with Crippen LogP contribution in [0.25, 0.3) is 0 Å². The summed E-state index contributed by atoms with van der Waals surface area (Å²) in [5.41, 5.74) is 0.398. The van der Waals surface area contributed by atoms with Crippen LogP contribution in [0.1, 0.15) is 33.6 Å². The highest BCUT2D eigenvalue weighted by Crippen LogP contribution is 2.21. The third-order valence-electron chi connectivity index (χ3n) is 3.03. The Kier molecular flexibility index (Phi) is 8.57. The van der Waals surface area contributed by atoms with E-state index in [1.807, 2.05) is 0 Å². The highest BCUT2D eigenvalue weighted by Gasteiger charge is 2.16. The van der Waals surface area contributed by atoms with Crippen molar-refractivity contribution in [1.82, 2.24) is 5.32 Å². The number of carbonyl (C=O) groups excluding carboxylic acids is 3. The van der Waals surface area contributed by atoms with E-state index in [1.165, 1.54) is 7.11 Å². The van der Waals surface area contributed by atoms with Crippen molar-refractivity contribution in [3.63, 3.8) is 0 Å². The van der Waals surface area contributed by atoms with Gasteiger partial charge in [0.05, 0.1) is 24.4 Å². The Bertz CT molecular complexity index is 625. The Hall–Kier alpha value is -2.61. The van der Waals surface area contributed by atoms with Gasteiger partial charge < -0.3 is 25.4 Å². The lowest BCUT2D eigenvalue weighted by molar-refractivity contribution is -0.117.